The normalized spacial score (nSPS) is 18.3. The maximum Gasteiger partial charge on any atom is 0.238 e. The van der Waals surface area contributed by atoms with Crippen LogP contribution < -0.4 is 11.1 Å². The number of oxime groups is 1. The average Bonchev–Trinajstić information content (AvgIpc) is 2.49. The van der Waals surface area contributed by atoms with Crippen LogP contribution in [0, 0.1) is 19.3 Å². The van der Waals surface area contributed by atoms with Crippen LogP contribution >= 0.6 is 0 Å². The summed E-state index contributed by atoms with van der Waals surface area (Å²) in [6.45, 7) is 3.97. The zero-order chi connectivity index (χ0) is 15.5. The monoisotopic (exact) mass is 289 g/mol. The van der Waals surface area contributed by atoms with E-state index in [0.29, 0.717) is 12.8 Å². The van der Waals surface area contributed by atoms with Gasteiger partial charge in [-0.25, -0.2) is 0 Å². The second-order valence-corrected chi connectivity index (χ2v) is 5.90. The van der Waals surface area contributed by atoms with Crippen molar-refractivity contribution in [1.29, 1.82) is 0 Å². The number of carbonyl (C=O) groups excluding carboxylic acids is 1. The third-order valence-electron chi connectivity index (χ3n) is 4.37. The molecule has 5 nitrogen and oxygen atoms in total. The van der Waals surface area contributed by atoms with Crippen LogP contribution in [0.3, 0.4) is 0 Å². The predicted molar refractivity (Wildman–Crippen MR) is 83.5 cm³/mol. The number of rotatable bonds is 3. The van der Waals surface area contributed by atoms with Crippen LogP contribution in [0.5, 0.6) is 0 Å². The number of amidine groups is 1. The molecular weight excluding hydrogens is 266 g/mol. The number of amides is 1. The molecule has 0 spiro atoms. The smallest absolute Gasteiger partial charge is 0.238 e. The minimum Gasteiger partial charge on any atom is -0.409 e. The highest BCUT2D eigenvalue weighted by molar-refractivity contribution is 6.12. The lowest BCUT2D eigenvalue weighted by Crippen LogP contribution is -2.48. The van der Waals surface area contributed by atoms with Gasteiger partial charge in [0.1, 0.15) is 5.41 Å². The van der Waals surface area contributed by atoms with Gasteiger partial charge in [-0.1, -0.05) is 42.1 Å². The maximum absolute atomic E-state index is 12.7. The van der Waals surface area contributed by atoms with Gasteiger partial charge in [-0.05, 0) is 38.3 Å². The van der Waals surface area contributed by atoms with Gasteiger partial charge < -0.3 is 16.3 Å². The summed E-state index contributed by atoms with van der Waals surface area (Å²) < 4.78 is 0. The summed E-state index contributed by atoms with van der Waals surface area (Å²) >= 11 is 0. The van der Waals surface area contributed by atoms with Crippen LogP contribution in [0.4, 0.5) is 5.69 Å². The van der Waals surface area contributed by atoms with Gasteiger partial charge in [0, 0.05) is 5.69 Å². The predicted octanol–water partition coefficient (Wildman–Crippen LogP) is 2.94. The van der Waals surface area contributed by atoms with E-state index in [1.165, 1.54) is 0 Å². The molecule has 0 saturated heterocycles. The Hall–Kier alpha value is -2.04. The molecule has 114 valence electrons. The molecule has 2 rings (SSSR count). The van der Waals surface area contributed by atoms with E-state index >= 15 is 0 Å². The number of anilines is 1. The molecule has 5 heteroatoms. The van der Waals surface area contributed by atoms with E-state index in [9.17, 15) is 4.79 Å². The van der Waals surface area contributed by atoms with E-state index in [1.807, 2.05) is 32.0 Å². The fourth-order valence-electron chi connectivity index (χ4n) is 3.05. The number of aryl methyl sites for hydroxylation is 2. The Morgan fingerprint density at radius 3 is 2.52 bits per heavy atom. The highest BCUT2D eigenvalue weighted by atomic mass is 16.4. The van der Waals surface area contributed by atoms with Crippen molar-refractivity contribution < 1.29 is 10.0 Å². The molecule has 0 bridgehead atoms. The molecule has 0 aromatic heterocycles. The summed E-state index contributed by atoms with van der Waals surface area (Å²) in [6.07, 6.45) is 4.16. The standard InChI is InChI=1S/C16H23N3O2/c1-11-6-7-13(12(2)10-11)18-15(20)16(14(17)19-21)8-4-3-5-9-16/h6-7,10,21H,3-5,8-9H2,1-2H3,(H2,17,19)(H,18,20). The van der Waals surface area contributed by atoms with Gasteiger partial charge in [0.25, 0.3) is 0 Å². The third kappa shape index (κ3) is 3.01. The number of nitrogens with one attached hydrogen (secondary N) is 1. The van der Waals surface area contributed by atoms with Crippen molar-refractivity contribution >= 4 is 17.4 Å². The molecule has 0 unspecified atom stereocenters. The fourth-order valence-corrected chi connectivity index (χ4v) is 3.05. The third-order valence-corrected chi connectivity index (χ3v) is 4.37. The van der Waals surface area contributed by atoms with Gasteiger partial charge in [-0.3, -0.25) is 4.79 Å². The average molecular weight is 289 g/mol. The first-order valence-electron chi connectivity index (χ1n) is 7.36. The van der Waals surface area contributed by atoms with Crippen LogP contribution in [0.15, 0.2) is 23.4 Å². The van der Waals surface area contributed by atoms with E-state index in [0.717, 1.165) is 36.1 Å². The zero-order valence-electron chi connectivity index (χ0n) is 12.6. The van der Waals surface area contributed by atoms with Crippen molar-refractivity contribution in [2.24, 2.45) is 16.3 Å². The first kappa shape index (κ1) is 15.4. The van der Waals surface area contributed by atoms with Gasteiger partial charge in [-0.15, -0.1) is 0 Å². The fraction of sp³-hybridized carbons (Fsp3) is 0.500. The first-order chi connectivity index (χ1) is 9.99. The van der Waals surface area contributed by atoms with Crippen LogP contribution in [0.2, 0.25) is 0 Å². The summed E-state index contributed by atoms with van der Waals surface area (Å²) in [5.41, 5.74) is 7.89. The van der Waals surface area contributed by atoms with Crippen molar-refractivity contribution in [3.8, 4) is 0 Å². The number of carbonyl (C=O) groups is 1. The Morgan fingerprint density at radius 2 is 1.95 bits per heavy atom. The van der Waals surface area contributed by atoms with E-state index in [4.69, 9.17) is 10.9 Å². The summed E-state index contributed by atoms with van der Waals surface area (Å²) in [6, 6.07) is 5.87. The summed E-state index contributed by atoms with van der Waals surface area (Å²) in [5, 5.41) is 15.1. The van der Waals surface area contributed by atoms with E-state index in [-0.39, 0.29) is 11.7 Å². The van der Waals surface area contributed by atoms with E-state index < -0.39 is 5.41 Å². The van der Waals surface area contributed by atoms with Crippen molar-refractivity contribution in [1.82, 2.24) is 0 Å². The van der Waals surface area contributed by atoms with Crippen LogP contribution in [0.25, 0.3) is 0 Å². The number of hydrogen-bond acceptors (Lipinski definition) is 3. The molecule has 1 saturated carbocycles. The van der Waals surface area contributed by atoms with Gasteiger partial charge >= 0.3 is 0 Å². The highest BCUT2D eigenvalue weighted by Crippen LogP contribution is 2.38. The molecule has 1 aliphatic carbocycles. The molecule has 4 N–H and O–H groups in total. The molecule has 21 heavy (non-hydrogen) atoms. The second-order valence-electron chi connectivity index (χ2n) is 5.90. The lowest BCUT2D eigenvalue weighted by Gasteiger charge is -2.34. The van der Waals surface area contributed by atoms with Gasteiger partial charge in [0.05, 0.1) is 0 Å². The van der Waals surface area contributed by atoms with Gasteiger partial charge in [-0.2, -0.15) is 0 Å². The molecule has 0 heterocycles. The quantitative estimate of drug-likeness (QED) is 0.346. The minimum atomic E-state index is -0.885. The summed E-state index contributed by atoms with van der Waals surface area (Å²) in [7, 11) is 0. The van der Waals surface area contributed by atoms with Crippen molar-refractivity contribution in [3.63, 3.8) is 0 Å². The van der Waals surface area contributed by atoms with Crippen LogP contribution in [0.1, 0.15) is 43.2 Å². The zero-order valence-corrected chi connectivity index (χ0v) is 12.6. The Morgan fingerprint density at radius 1 is 1.29 bits per heavy atom. The lowest BCUT2D eigenvalue weighted by atomic mass is 9.72. The maximum atomic E-state index is 12.7. The molecule has 1 aromatic carbocycles. The Bertz CT molecular complexity index is 561. The largest absolute Gasteiger partial charge is 0.409 e. The van der Waals surface area contributed by atoms with Crippen molar-refractivity contribution in [2.75, 3.05) is 5.32 Å². The van der Waals surface area contributed by atoms with Crippen molar-refractivity contribution in [2.45, 2.75) is 46.0 Å². The minimum absolute atomic E-state index is 0.0180. The van der Waals surface area contributed by atoms with Crippen molar-refractivity contribution in [3.05, 3.63) is 29.3 Å². The molecule has 1 aromatic rings. The Balaban J connectivity index is 2.27. The molecule has 0 radical (unpaired) electrons. The van der Waals surface area contributed by atoms with Gasteiger partial charge in [0.2, 0.25) is 5.91 Å². The Kier molecular flexibility index (Phi) is 4.50. The number of nitrogens with zero attached hydrogens (tertiary/aromatic N) is 1. The Labute approximate surface area is 125 Å². The molecule has 1 aliphatic rings. The topological polar surface area (TPSA) is 87.7 Å². The lowest BCUT2D eigenvalue weighted by molar-refractivity contribution is -0.123. The van der Waals surface area contributed by atoms with Gasteiger partial charge in [0.15, 0.2) is 5.84 Å². The van der Waals surface area contributed by atoms with E-state index in [1.54, 1.807) is 0 Å². The number of nitrogens with two attached hydrogens (primary N) is 1. The highest BCUT2D eigenvalue weighted by Gasteiger charge is 2.44. The summed E-state index contributed by atoms with van der Waals surface area (Å²) in [5.74, 6) is -0.158. The number of hydrogen-bond donors (Lipinski definition) is 3. The SMILES string of the molecule is Cc1ccc(NC(=O)C2(C(N)=NO)CCCCC2)c(C)c1. The first-order valence-corrected chi connectivity index (χ1v) is 7.36. The summed E-state index contributed by atoms with van der Waals surface area (Å²) in [4.78, 5) is 12.7. The molecule has 1 amide bonds. The molecular formula is C16H23N3O2. The van der Waals surface area contributed by atoms with Crippen LogP contribution in [-0.2, 0) is 4.79 Å². The second kappa shape index (κ2) is 6.16. The number of benzene rings is 1. The molecule has 0 aliphatic heterocycles. The molecule has 1 fully saturated rings. The van der Waals surface area contributed by atoms with Crippen LogP contribution in [-0.4, -0.2) is 17.0 Å². The van der Waals surface area contributed by atoms with E-state index in [2.05, 4.69) is 10.5 Å². The molecule has 0 atom stereocenters.